The van der Waals surface area contributed by atoms with Crippen molar-refractivity contribution in [3.05, 3.63) is 42.0 Å². The fourth-order valence-electron chi connectivity index (χ4n) is 1.81. The van der Waals surface area contributed by atoms with Gasteiger partial charge in [-0.15, -0.1) is 10.2 Å². The molecule has 0 unspecified atom stereocenters. The molecule has 0 fully saturated rings. The average Bonchev–Trinajstić information content (AvgIpc) is 2.84. The van der Waals surface area contributed by atoms with Crippen LogP contribution >= 0.6 is 0 Å². The molecule has 1 heterocycles. The molecule has 18 heavy (non-hydrogen) atoms. The van der Waals surface area contributed by atoms with Crippen LogP contribution in [0.3, 0.4) is 0 Å². The van der Waals surface area contributed by atoms with Gasteiger partial charge in [-0.05, 0) is 6.07 Å². The van der Waals surface area contributed by atoms with E-state index < -0.39 is 0 Å². The Labute approximate surface area is 106 Å². The highest BCUT2D eigenvalue weighted by Crippen LogP contribution is 2.19. The summed E-state index contributed by atoms with van der Waals surface area (Å²) in [6.45, 7) is 1.41. The number of benzene rings is 1. The van der Waals surface area contributed by atoms with Crippen molar-refractivity contribution in [2.24, 2.45) is 0 Å². The van der Waals surface area contributed by atoms with E-state index in [2.05, 4.69) is 10.2 Å². The quantitative estimate of drug-likeness (QED) is 0.776. The van der Waals surface area contributed by atoms with Crippen molar-refractivity contribution in [1.29, 1.82) is 0 Å². The SMILES string of the molecule is COCCn1cnnc1Cc1ccccc1OC. The van der Waals surface area contributed by atoms with Gasteiger partial charge in [0.25, 0.3) is 0 Å². The highest BCUT2D eigenvalue weighted by Gasteiger charge is 2.08. The van der Waals surface area contributed by atoms with Crippen LogP contribution in [-0.4, -0.2) is 35.6 Å². The maximum absolute atomic E-state index is 5.33. The fraction of sp³-hybridized carbons (Fsp3) is 0.385. The Hall–Kier alpha value is -1.88. The molecule has 0 aliphatic rings. The largest absolute Gasteiger partial charge is 0.496 e. The van der Waals surface area contributed by atoms with Crippen molar-refractivity contribution in [2.45, 2.75) is 13.0 Å². The minimum absolute atomic E-state index is 0.650. The van der Waals surface area contributed by atoms with Gasteiger partial charge in [-0.25, -0.2) is 0 Å². The molecule has 2 aromatic rings. The van der Waals surface area contributed by atoms with E-state index in [9.17, 15) is 0 Å². The zero-order chi connectivity index (χ0) is 12.8. The van der Waals surface area contributed by atoms with Crippen molar-refractivity contribution in [2.75, 3.05) is 20.8 Å². The highest BCUT2D eigenvalue weighted by atomic mass is 16.5. The first-order valence-electron chi connectivity index (χ1n) is 5.82. The number of para-hydroxylation sites is 1. The summed E-state index contributed by atoms with van der Waals surface area (Å²) in [5.41, 5.74) is 1.10. The maximum Gasteiger partial charge on any atom is 0.137 e. The number of rotatable bonds is 6. The van der Waals surface area contributed by atoms with Gasteiger partial charge in [0.2, 0.25) is 0 Å². The Balaban J connectivity index is 2.15. The molecule has 0 aliphatic carbocycles. The molecule has 0 atom stereocenters. The second kappa shape index (κ2) is 6.16. The molecule has 0 saturated carbocycles. The third-order valence-electron chi connectivity index (χ3n) is 2.77. The van der Waals surface area contributed by atoms with E-state index in [1.54, 1.807) is 20.5 Å². The van der Waals surface area contributed by atoms with Crippen LogP contribution in [0, 0.1) is 0 Å². The topological polar surface area (TPSA) is 49.2 Å². The number of aromatic nitrogens is 3. The fourth-order valence-corrected chi connectivity index (χ4v) is 1.81. The summed E-state index contributed by atoms with van der Waals surface area (Å²) in [6.07, 6.45) is 2.43. The molecule has 2 rings (SSSR count). The minimum Gasteiger partial charge on any atom is -0.496 e. The first-order chi connectivity index (χ1) is 8.85. The number of ether oxygens (including phenoxy) is 2. The first kappa shape index (κ1) is 12.6. The molecule has 0 N–H and O–H groups in total. The molecular weight excluding hydrogens is 230 g/mol. The molecule has 0 radical (unpaired) electrons. The van der Waals surface area contributed by atoms with E-state index in [0.29, 0.717) is 13.0 Å². The number of nitrogens with zero attached hydrogens (tertiary/aromatic N) is 3. The molecule has 1 aromatic heterocycles. The van der Waals surface area contributed by atoms with E-state index >= 15 is 0 Å². The van der Waals surface area contributed by atoms with Crippen molar-refractivity contribution >= 4 is 0 Å². The van der Waals surface area contributed by atoms with Crippen LogP contribution in [0.2, 0.25) is 0 Å². The van der Waals surface area contributed by atoms with Gasteiger partial charge >= 0.3 is 0 Å². The summed E-state index contributed by atoms with van der Waals surface area (Å²) in [4.78, 5) is 0. The first-order valence-corrected chi connectivity index (χ1v) is 5.82. The summed E-state index contributed by atoms with van der Waals surface area (Å²) < 4.78 is 12.4. The molecule has 0 saturated heterocycles. The molecule has 1 aromatic carbocycles. The van der Waals surface area contributed by atoms with Crippen LogP contribution in [0.5, 0.6) is 5.75 Å². The van der Waals surface area contributed by atoms with Gasteiger partial charge < -0.3 is 14.0 Å². The Kier molecular flexibility index (Phi) is 4.30. The number of methoxy groups -OCH3 is 2. The third-order valence-corrected chi connectivity index (χ3v) is 2.77. The number of hydrogen-bond donors (Lipinski definition) is 0. The van der Waals surface area contributed by atoms with Gasteiger partial charge in [-0.1, -0.05) is 18.2 Å². The van der Waals surface area contributed by atoms with Crippen molar-refractivity contribution < 1.29 is 9.47 Å². The van der Waals surface area contributed by atoms with Crippen LogP contribution in [0.1, 0.15) is 11.4 Å². The molecular formula is C13H17N3O2. The van der Waals surface area contributed by atoms with Crippen LogP contribution in [0.4, 0.5) is 0 Å². The van der Waals surface area contributed by atoms with Gasteiger partial charge in [0.05, 0.1) is 13.7 Å². The molecule has 5 heteroatoms. The van der Waals surface area contributed by atoms with Gasteiger partial charge in [0.1, 0.15) is 17.9 Å². The second-order valence-corrected chi connectivity index (χ2v) is 3.92. The van der Waals surface area contributed by atoms with Gasteiger partial charge in [0, 0.05) is 25.6 Å². The summed E-state index contributed by atoms with van der Waals surface area (Å²) in [5, 5.41) is 8.08. The van der Waals surface area contributed by atoms with Gasteiger partial charge in [-0.2, -0.15) is 0 Å². The van der Waals surface area contributed by atoms with Crippen molar-refractivity contribution in [3.63, 3.8) is 0 Å². The second-order valence-electron chi connectivity index (χ2n) is 3.92. The normalized spacial score (nSPS) is 10.6. The Morgan fingerprint density at radius 1 is 1.22 bits per heavy atom. The smallest absolute Gasteiger partial charge is 0.137 e. The third kappa shape index (κ3) is 2.87. The minimum atomic E-state index is 0.650. The lowest BCUT2D eigenvalue weighted by atomic mass is 10.1. The van der Waals surface area contributed by atoms with E-state index in [1.165, 1.54) is 0 Å². The Morgan fingerprint density at radius 3 is 2.83 bits per heavy atom. The Morgan fingerprint density at radius 2 is 2.06 bits per heavy atom. The molecule has 0 aliphatic heterocycles. The van der Waals surface area contributed by atoms with Crippen LogP contribution < -0.4 is 4.74 Å². The van der Waals surface area contributed by atoms with Gasteiger partial charge in [-0.3, -0.25) is 0 Å². The molecule has 5 nitrogen and oxygen atoms in total. The van der Waals surface area contributed by atoms with Crippen LogP contribution in [0.25, 0.3) is 0 Å². The summed E-state index contributed by atoms with van der Waals surface area (Å²) in [5.74, 6) is 1.79. The number of hydrogen-bond acceptors (Lipinski definition) is 4. The summed E-state index contributed by atoms with van der Waals surface area (Å²) in [7, 11) is 3.36. The maximum atomic E-state index is 5.33. The van der Waals surface area contributed by atoms with E-state index in [-0.39, 0.29) is 0 Å². The van der Waals surface area contributed by atoms with E-state index in [0.717, 1.165) is 23.7 Å². The van der Waals surface area contributed by atoms with Crippen LogP contribution in [0.15, 0.2) is 30.6 Å². The molecule has 0 bridgehead atoms. The molecule has 0 amide bonds. The lowest BCUT2D eigenvalue weighted by Crippen LogP contribution is -2.08. The molecule has 96 valence electrons. The monoisotopic (exact) mass is 247 g/mol. The molecule has 0 spiro atoms. The lowest BCUT2D eigenvalue weighted by Gasteiger charge is -2.09. The van der Waals surface area contributed by atoms with Gasteiger partial charge in [0.15, 0.2) is 0 Å². The highest BCUT2D eigenvalue weighted by molar-refractivity contribution is 5.35. The zero-order valence-electron chi connectivity index (χ0n) is 10.7. The van der Waals surface area contributed by atoms with Crippen molar-refractivity contribution in [3.8, 4) is 5.75 Å². The van der Waals surface area contributed by atoms with E-state index in [4.69, 9.17) is 9.47 Å². The zero-order valence-corrected chi connectivity index (χ0v) is 10.7. The van der Waals surface area contributed by atoms with E-state index in [1.807, 2.05) is 28.8 Å². The predicted octanol–water partition coefficient (Wildman–Crippen LogP) is 1.52. The lowest BCUT2D eigenvalue weighted by molar-refractivity contribution is 0.186. The predicted molar refractivity (Wildman–Crippen MR) is 67.7 cm³/mol. The summed E-state index contributed by atoms with van der Waals surface area (Å²) >= 11 is 0. The van der Waals surface area contributed by atoms with Crippen molar-refractivity contribution in [1.82, 2.24) is 14.8 Å². The Bertz CT molecular complexity index is 496. The average molecular weight is 247 g/mol. The summed E-state index contributed by atoms with van der Waals surface area (Å²) in [6, 6.07) is 7.94. The van der Waals surface area contributed by atoms with Crippen LogP contribution in [-0.2, 0) is 17.7 Å². The standard InChI is InChI=1S/C13H17N3O2/c1-17-8-7-16-10-14-15-13(16)9-11-5-3-4-6-12(11)18-2/h3-6,10H,7-9H2,1-2H3.